The monoisotopic (exact) mass is 268 g/mol. The van der Waals surface area contributed by atoms with E-state index in [1.54, 1.807) is 0 Å². The van der Waals surface area contributed by atoms with Crippen molar-refractivity contribution in [3.63, 3.8) is 0 Å². The molecule has 4 N–H and O–H groups in total. The summed E-state index contributed by atoms with van der Waals surface area (Å²) in [5, 5.41) is 0. The summed E-state index contributed by atoms with van der Waals surface area (Å²) in [5.74, 6) is 1.23. The molecule has 0 aromatic heterocycles. The van der Waals surface area contributed by atoms with Gasteiger partial charge in [-0.1, -0.05) is 42.5 Å². The molecule has 0 fully saturated rings. The number of fused-ring (bicyclic) bond motifs is 1. The molecule has 3 rings (SSSR count). The first-order valence-corrected chi connectivity index (χ1v) is 7.03. The predicted octanol–water partition coefficient (Wildman–Crippen LogP) is 2.19. The highest BCUT2D eigenvalue weighted by molar-refractivity contribution is 5.43. The molecule has 3 nitrogen and oxygen atoms in total. The first-order valence-electron chi connectivity index (χ1n) is 7.03. The third kappa shape index (κ3) is 2.55. The molecule has 0 bridgehead atoms. The Bertz CT molecular complexity index is 583. The second kappa shape index (κ2) is 5.65. The van der Waals surface area contributed by atoms with E-state index in [0.717, 1.165) is 17.7 Å². The number of rotatable bonds is 3. The summed E-state index contributed by atoms with van der Waals surface area (Å²) in [6.45, 7) is 1.12. The van der Waals surface area contributed by atoms with Gasteiger partial charge in [0.25, 0.3) is 0 Å². The highest BCUT2D eigenvalue weighted by Crippen LogP contribution is 2.35. The van der Waals surface area contributed by atoms with Crippen molar-refractivity contribution in [2.24, 2.45) is 11.5 Å². The van der Waals surface area contributed by atoms with Crippen molar-refractivity contribution < 1.29 is 4.74 Å². The van der Waals surface area contributed by atoms with E-state index in [1.807, 2.05) is 18.2 Å². The van der Waals surface area contributed by atoms with Gasteiger partial charge in [0, 0.05) is 18.5 Å². The Morgan fingerprint density at radius 3 is 2.60 bits per heavy atom. The first-order chi connectivity index (χ1) is 9.78. The highest BCUT2D eigenvalue weighted by atomic mass is 16.5. The summed E-state index contributed by atoms with van der Waals surface area (Å²) in [7, 11) is 0. The zero-order valence-electron chi connectivity index (χ0n) is 11.5. The minimum atomic E-state index is 0.0238. The van der Waals surface area contributed by atoms with Gasteiger partial charge in [0.2, 0.25) is 0 Å². The summed E-state index contributed by atoms with van der Waals surface area (Å²) in [5.41, 5.74) is 15.6. The fourth-order valence-electron chi connectivity index (χ4n) is 2.81. The number of ether oxygens (including phenoxy) is 1. The third-order valence-corrected chi connectivity index (χ3v) is 3.96. The fourth-order valence-corrected chi connectivity index (χ4v) is 2.81. The Hall–Kier alpha value is -1.84. The zero-order chi connectivity index (χ0) is 13.9. The first kappa shape index (κ1) is 13.2. The van der Waals surface area contributed by atoms with Crippen molar-refractivity contribution in [1.29, 1.82) is 0 Å². The maximum atomic E-state index is 6.28. The van der Waals surface area contributed by atoms with Gasteiger partial charge in [-0.3, -0.25) is 0 Å². The van der Waals surface area contributed by atoms with E-state index in [2.05, 4.69) is 30.3 Å². The number of hydrogen-bond donors (Lipinski definition) is 2. The second-order valence-electron chi connectivity index (χ2n) is 5.35. The van der Waals surface area contributed by atoms with Gasteiger partial charge < -0.3 is 16.2 Å². The number of hydrogen-bond acceptors (Lipinski definition) is 3. The Balaban J connectivity index is 1.94. The molecular weight excluding hydrogens is 248 g/mol. The van der Waals surface area contributed by atoms with Crippen LogP contribution < -0.4 is 16.2 Å². The average Bonchev–Trinajstić information content (AvgIpc) is 2.51. The molecule has 1 aliphatic heterocycles. The van der Waals surface area contributed by atoms with Crippen molar-refractivity contribution >= 4 is 0 Å². The molecule has 20 heavy (non-hydrogen) atoms. The van der Waals surface area contributed by atoms with Gasteiger partial charge in [0.15, 0.2) is 0 Å². The molecule has 2 aromatic rings. The van der Waals surface area contributed by atoms with Crippen LogP contribution in [0, 0.1) is 0 Å². The molecule has 3 heteroatoms. The molecule has 2 atom stereocenters. The van der Waals surface area contributed by atoms with Crippen LogP contribution in [0.15, 0.2) is 48.5 Å². The Kier molecular flexibility index (Phi) is 3.72. The zero-order valence-corrected chi connectivity index (χ0v) is 11.5. The normalized spacial score (nSPS) is 21.1. The molecule has 0 saturated carbocycles. The largest absolute Gasteiger partial charge is 0.492 e. The van der Waals surface area contributed by atoms with Crippen LogP contribution in [0.5, 0.6) is 5.75 Å². The lowest BCUT2D eigenvalue weighted by Gasteiger charge is -2.32. The van der Waals surface area contributed by atoms with E-state index in [4.69, 9.17) is 16.2 Å². The highest BCUT2D eigenvalue weighted by Gasteiger charge is 2.28. The van der Waals surface area contributed by atoms with Crippen molar-refractivity contribution in [3.8, 4) is 5.75 Å². The molecule has 0 aliphatic carbocycles. The van der Waals surface area contributed by atoms with Gasteiger partial charge in [-0.25, -0.2) is 0 Å². The standard InChI is InChI=1S/C17H20N2O/c18-10-13-6-7-17-15(9-13)14(16(19)11-20-17)8-12-4-2-1-3-5-12/h1-7,9,14,16H,8,10-11,18-19H2/t14-,16-/m0/s1. The van der Waals surface area contributed by atoms with E-state index >= 15 is 0 Å². The lowest BCUT2D eigenvalue weighted by Crippen LogP contribution is -2.39. The van der Waals surface area contributed by atoms with Gasteiger partial charge in [0.05, 0.1) is 0 Å². The van der Waals surface area contributed by atoms with Gasteiger partial charge in [-0.15, -0.1) is 0 Å². The van der Waals surface area contributed by atoms with Crippen LogP contribution in [-0.2, 0) is 13.0 Å². The van der Waals surface area contributed by atoms with Crippen molar-refractivity contribution in [2.45, 2.75) is 24.9 Å². The molecule has 0 radical (unpaired) electrons. The average molecular weight is 268 g/mol. The Morgan fingerprint density at radius 2 is 1.85 bits per heavy atom. The maximum absolute atomic E-state index is 6.28. The van der Waals surface area contributed by atoms with E-state index in [9.17, 15) is 0 Å². The molecule has 104 valence electrons. The molecular formula is C17H20N2O. The van der Waals surface area contributed by atoms with Crippen LogP contribution >= 0.6 is 0 Å². The van der Waals surface area contributed by atoms with Crippen molar-refractivity contribution in [2.75, 3.05) is 6.61 Å². The fraction of sp³-hybridized carbons (Fsp3) is 0.294. The minimum absolute atomic E-state index is 0.0238. The van der Waals surface area contributed by atoms with Gasteiger partial charge in [-0.05, 0) is 29.2 Å². The lowest BCUT2D eigenvalue weighted by atomic mass is 9.84. The SMILES string of the molecule is NCc1ccc2c(c1)[C@H](Cc1ccccc1)[C@@H](N)CO2. The van der Waals surface area contributed by atoms with E-state index in [0.29, 0.717) is 13.2 Å². The topological polar surface area (TPSA) is 61.3 Å². The summed E-state index contributed by atoms with van der Waals surface area (Å²) in [4.78, 5) is 0. The molecule has 0 unspecified atom stereocenters. The van der Waals surface area contributed by atoms with Gasteiger partial charge >= 0.3 is 0 Å². The summed E-state index contributed by atoms with van der Waals surface area (Å²) in [6.07, 6.45) is 0.937. The van der Waals surface area contributed by atoms with Crippen LogP contribution in [0.4, 0.5) is 0 Å². The van der Waals surface area contributed by atoms with E-state index in [-0.39, 0.29) is 12.0 Å². The molecule has 1 aliphatic rings. The smallest absolute Gasteiger partial charge is 0.122 e. The summed E-state index contributed by atoms with van der Waals surface area (Å²) in [6, 6.07) is 16.7. The Morgan fingerprint density at radius 1 is 1.05 bits per heavy atom. The van der Waals surface area contributed by atoms with Crippen molar-refractivity contribution in [3.05, 3.63) is 65.2 Å². The molecule has 0 saturated heterocycles. The number of benzene rings is 2. The van der Waals surface area contributed by atoms with Crippen LogP contribution in [0.25, 0.3) is 0 Å². The maximum Gasteiger partial charge on any atom is 0.122 e. The summed E-state index contributed by atoms with van der Waals surface area (Å²) >= 11 is 0. The molecule has 2 aromatic carbocycles. The van der Waals surface area contributed by atoms with Crippen LogP contribution in [0.3, 0.4) is 0 Å². The van der Waals surface area contributed by atoms with Crippen LogP contribution in [0.1, 0.15) is 22.6 Å². The third-order valence-electron chi connectivity index (χ3n) is 3.96. The van der Waals surface area contributed by atoms with E-state index < -0.39 is 0 Å². The molecule has 0 amide bonds. The Labute approximate surface area is 119 Å². The van der Waals surface area contributed by atoms with Crippen LogP contribution in [0.2, 0.25) is 0 Å². The van der Waals surface area contributed by atoms with Crippen LogP contribution in [-0.4, -0.2) is 12.6 Å². The van der Waals surface area contributed by atoms with E-state index in [1.165, 1.54) is 11.1 Å². The second-order valence-corrected chi connectivity index (χ2v) is 5.35. The predicted molar refractivity (Wildman–Crippen MR) is 80.7 cm³/mol. The lowest BCUT2D eigenvalue weighted by molar-refractivity contribution is 0.238. The van der Waals surface area contributed by atoms with Gasteiger partial charge in [-0.2, -0.15) is 0 Å². The molecule has 0 spiro atoms. The van der Waals surface area contributed by atoms with Gasteiger partial charge in [0.1, 0.15) is 12.4 Å². The number of nitrogens with two attached hydrogens (primary N) is 2. The quantitative estimate of drug-likeness (QED) is 0.897. The van der Waals surface area contributed by atoms with Crippen molar-refractivity contribution in [1.82, 2.24) is 0 Å². The molecule has 1 heterocycles. The minimum Gasteiger partial charge on any atom is -0.492 e. The summed E-state index contributed by atoms with van der Waals surface area (Å²) < 4.78 is 5.74.